The van der Waals surface area contributed by atoms with Gasteiger partial charge in [0, 0.05) is 32.2 Å². The Morgan fingerprint density at radius 1 is 1.31 bits per heavy atom. The highest BCUT2D eigenvalue weighted by Gasteiger charge is 2.36. The molecule has 2 aliphatic rings. The fourth-order valence-electron chi connectivity index (χ4n) is 2.19. The lowest BCUT2D eigenvalue weighted by atomic mass is 10.1. The van der Waals surface area contributed by atoms with E-state index >= 15 is 0 Å². The topological polar surface area (TPSA) is 64.0 Å². The van der Waals surface area contributed by atoms with Gasteiger partial charge in [-0.25, -0.2) is 4.79 Å². The molecule has 2 fully saturated rings. The van der Waals surface area contributed by atoms with Crippen LogP contribution >= 0.6 is 0 Å². The van der Waals surface area contributed by atoms with Crippen molar-refractivity contribution in [2.75, 3.05) is 26.2 Å². The number of aliphatic hydroxyl groups is 1. The molecule has 2 saturated heterocycles. The second kappa shape index (κ2) is 3.16. The Balaban J connectivity index is 1.97. The number of carbonyl (C=O) groups is 1. The lowest BCUT2D eigenvalue weighted by Gasteiger charge is -2.35. The van der Waals surface area contributed by atoms with Crippen LogP contribution in [0.4, 0.5) is 4.79 Å². The van der Waals surface area contributed by atoms with E-state index in [4.69, 9.17) is 5.11 Å². The molecule has 0 saturated carbocycles. The Bertz CT molecular complexity index is 221. The van der Waals surface area contributed by atoms with E-state index in [9.17, 15) is 9.90 Å². The highest BCUT2D eigenvalue weighted by molar-refractivity contribution is 5.65. The fraction of sp³-hybridized carbons (Fsp3) is 0.875. The lowest BCUT2D eigenvalue weighted by molar-refractivity contribution is 0.0879. The first-order chi connectivity index (χ1) is 6.16. The van der Waals surface area contributed by atoms with Crippen molar-refractivity contribution >= 4 is 6.09 Å². The van der Waals surface area contributed by atoms with Gasteiger partial charge in [0.25, 0.3) is 0 Å². The van der Waals surface area contributed by atoms with Gasteiger partial charge >= 0.3 is 6.09 Å². The molecular weight excluding hydrogens is 172 g/mol. The van der Waals surface area contributed by atoms with Crippen molar-refractivity contribution in [3.05, 3.63) is 0 Å². The second-order valence-corrected chi connectivity index (χ2v) is 3.77. The zero-order valence-corrected chi connectivity index (χ0v) is 7.39. The molecule has 1 amide bonds. The number of nitrogens with zero attached hydrogens (tertiary/aromatic N) is 2. The molecular formula is C8H14N2O3. The van der Waals surface area contributed by atoms with Gasteiger partial charge < -0.3 is 15.1 Å². The van der Waals surface area contributed by atoms with E-state index in [0.29, 0.717) is 26.1 Å². The molecule has 5 heteroatoms. The second-order valence-electron chi connectivity index (χ2n) is 3.77. The van der Waals surface area contributed by atoms with Crippen molar-refractivity contribution in [2.24, 2.45) is 0 Å². The number of piperazine rings is 1. The molecule has 2 unspecified atom stereocenters. The first kappa shape index (κ1) is 8.77. The molecule has 0 aromatic heterocycles. The van der Waals surface area contributed by atoms with Crippen LogP contribution in [0.5, 0.6) is 0 Å². The van der Waals surface area contributed by atoms with Crippen LogP contribution in [0.2, 0.25) is 0 Å². The van der Waals surface area contributed by atoms with Crippen LogP contribution < -0.4 is 0 Å². The van der Waals surface area contributed by atoms with E-state index in [1.165, 1.54) is 4.90 Å². The van der Waals surface area contributed by atoms with E-state index in [-0.39, 0.29) is 12.1 Å². The van der Waals surface area contributed by atoms with Gasteiger partial charge in [0.05, 0.1) is 6.10 Å². The quantitative estimate of drug-likeness (QED) is 0.531. The number of aliphatic hydroxyl groups excluding tert-OH is 1. The first-order valence-electron chi connectivity index (χ1n) is 4.57. The van der Waals surface area contributed by atoms with Gasteiger partial charge in [-0.15, -0.1) is 0 Å². The number of rotatable bonds is 0. The van der Waals surface area contributed by atoms with Crippen LogP contribution in [0.15, 0.2) is 0 Å². The molecule has 2 atom stereocenters. The fourth-order valence-corrected chi connectivity index (χ4v) is 2.19. The highest BCUT2D eigenvalue weighted by Crippen LogP contribution is 2.21. The standard InChI is InChI=1S/C8H14N2O3/c11-7-3-6-4-10(8(12)13)2-1-9(6)5-7/h6-7,11H,1-5H2,(H,12,13). The summed E-state index contributed by atoms with van der Waals surface area (Å²) in [5.74, 6) is 0. The Kier molecular flexibility index (Phi) is 2.13. The highest BCUT2D eigenvalue weighted by atomic mass is 16.4. The normalized spacial score (nSPS) is 34.7. The Morgan fingerprint density at radius 2 is 2.08 bits per heavy atom. The van der Waals surface area contributed by atoms with Crippen LogP contribution in [0.3, 0.4) is 0 Å². The van der Waals surface area contributed by atoms with Crippen LogP contribution in [0, 0.1) is 0 Å². The number of hydrogen-bond acceptors (Lipinski definition) is 3. The monoisotopic (exact) mass is 186 g/mol. The van der Waals surface area contributed by atoms with Crippen molar-refractivity contribution in [3.8, 4) is 0 Å². The molecule has 2 heterocycles. The summed E-state index contributed by atoms with van der Waals surface area (Å²) in [6.45, 7) is 2.58. The number of carboxylic acid groups (broad SMARTS) is 1. The summed E-state index contributed by atoms with van der Waals surface area (Å²) in [6, 6.07) is 0.236. The third kappa shape index (κ3) is 1.62. The zero-order valence-electron chi connectivity index (χ0n) is 7.39. The third-order valence-electron chi connectivity index (χ3n) is 2.86. The molecule has 13 heavy (non-hydrogen) atoms. The van der Waals surface area contributed by atoms with Crippen molar-refractivity contribution in [1.29, 1.82) is 0 Å². The number of hydrogen-bond donors (Lipinski definition) is 2. The lowest BCUT2D eigenvalue weighted by Crippen LogP contribution is -2.51. The van der Waals surface area contributed by atoms with E-state index < -0.39 is 6.09 Å². The van der Waals surface area contributed by atoms with Crippen LogP contribution in [-0.4, -0.2) is 64.4 Å². The van der Waals surface area contributed by atoms with E-state index in [0.717, 1.165) is 6.54 Å². The Labute approximate surface area is 76.6 Å². The van der Waals surface area contributed by atoms with Crippen LogP contribution in [0.1, 0.15) is 6.42 Å². The average Bonchev–Trinajstić information content (AvgIpc) is 2.42. The van der Waals surface area contributed by atoms with Crippen LogP contribution in [0.25, 0.3) is 0 Å². The number of amides is 1. The molecule has 0 spiro atoms. The summed E-state index contributed by atoms with van der Waals surface area (Å²) in [7, 11) is 0. The summed E-state index contributed by atoms with van der Waals surface area (Å²) in [6.07, 6.45) is -0.399. The van der Waals surface area contributed by atoms with Gasteiger partial charge in [0.2, 0.25) is 0 Å². The van der Waals surface area contributed by atoms with Gasteiger partial charge in [0.1, 0.15) is 0 Å². The summed E-state index contributed by atoms with van der Waals surface area (Å²) in [4.78, 5) is 14.3. The first-order valence-corrected chi connectivity index (χ1v) is 4.57. The molecule has 0 aliphatic carbocycles. The Hall–Kier alpha value is -0.810. The molecule has 0 aromatic carbocycles. The van der Waals surface area contributed by atoms with Gasteiger partial charge in [0.15, 0.2) is 0 Å². The van der Waals surface area contributed by atoms with E-state index in [2.05, 4.69) is 4.90 Å². The van der Waals surface area contributed by atoms with Gasteiger partial charge in [-0.3, -0.25) is 4.90 Å². The van der Waals surface area contributed by atoms with Crippen LogP contribution in [-0.2, 0) is 0 Å². The minimum Gasteiger partial charge on any atom is -0.465 e. The SMILES string of the molecule is O=C(O)N1CCN2CC(O)CC2C1. The predicted molar refractivity (Wildman–Crippen MR) is 45.6 cm³/mol. The minimum atomic E-state index is -0.846. The summed E-state index contributed by atoms with van der Waals surface area (Å²) >= 11 is 0. The molecule has 0 aromatic rings. The third-order valence-corrected chi connectivity index (χ3v) is 2.86. The Morgan fingerprint density at radius 3 is 2.77 bits per heavy atom. The predicted octanol–water partition coefficient (Wildman–Crippen LogP) is -0.585. The zero-order chi connectivity index (χ0) is 9.42. The summed E-state index contributed by atoms with van der Waals surface area (Å²) in [5, 5.41) is 18.1. The molecule has 5 nitrogen and oxygen atoms in total. The minimum absolute atomic E-state index is 0.236. The van der Waals surface area contributed by atoms with Gasteiger partial charge in [-0.05, 0) is 6.42 Å². The van der Waals surface area contributed by atoms with Gasteiger partial charge in [-0.1, -0.05) is 0 Å². The van der Waals surface area contributed by atoms with E-state index in [1.807, 2.05) is 0 Å². The maximum absolute atomic E-state index is 10.7. The average molecular weight is 186 g/mol. The van der Waals surface area contributed by atoms with Crippen molar-refractivity contribution in [2.45, 2.75) is 18.6 Å². The smallest absolute Gasteiger partial charge is 0.407 e. The van der Waals surface area contributed by atoms with Crippen molar-refractivity contribution < 1.29 is 15.0 Å². The maximum Gasteiger partial charge on any atom is 0.407 e. The molecule has 2 rings (SSSR count). The van der Waals surface area contributed by atoms with E-state index in [1.54, 1.807) is 0 Å². The largest absolute Gasteiger partial charge is 0.465 e. The molecule has 74 valence electrons. The molecule has 0 bridgehead atoms. The summed E-state index contributed by atoms with van der Waals surface area (Å²) in [5.41, 5.74) is 0. The van der Waals surface area contributed by atoms with Gasteiger partial charge in [-0.2, -0.15) is 0 Å². The van der Waals surface area contributed by atoms with Crippen molar-refractivity contribution in [3.63, 3.8) is 0 Å². The maximum atomic E-state index is 10.7. The molecule has 0 radical (unpaired) electrons. The molecule has 2 aliphatic heterocycles. The van der Waals surface area contributed by atoms with Crippen molar-refractivity contribution in [1.82, 2.24) is 9.80 Å². The summed E-state index contributed by atoms with van der Waals surface area (Å²) < 4.78 is 0. The number of fused-ring (bicyclic) bond motifs is 1. The molecule has 2 N–H and O–H groups in total.